The molecule has 2 rings (SSSR count). The lowest BCUT2D eigenvalue weighted by atomic mass is 10.0. The summed E-state index contributed by atoms with van der Waals surface area (Å²) in [6.45, 7) is 7.39. The molecule has 1 aliphatic rings. The minimum atomic E-state index is -1.07. The Balaban J connectivity index is 2.25. The summed E-state index contributed by atoms with van der Waals surface area (Å²) in [5.74, 6) is -2.17. The highest BCUT2D eigenvalue weighted by Gasteiger charge is 2.44. The standard InChI is InChI=1S/C19H24N2O5/c1-5-20-16(22)12(4)26-19(25)15(10-11(2)3)21-17(23)13-8-6-7-9-14(13)18(21)24/h6-9,11-12,15H,5,10H2,1-4H3,(H,20,22)/t12-,15-/m1/s1. The minimum Gasteiger partial charge on any atom is -0.451 e. The molecule has 1 N–H and O–H groups in total. The molecule has 1 aromatic rings. The smallest absolute Gasteiger partial charge is 0.330 e. The Labute approximate surface area is 152 Å². The number of imide groups is 1. The first kappa shape index (κ1) is 19.6. The summed E-state index contributed by atoms with van der Waals surface area (Å²) in [7, 11) is 0. The van der Waals surface area contributed by atoms with E-state index in [1.54, 1.807) is 31.2 Å². The molecule has 0 aromatic heterocycles. The Bertz CT molecular complexity index is 693. The van der Waals surface area contributed by atoms with E-state index in [-0.39, 0.29) is 23.5 Å². The third-order valence-corrected chi connectivity index (χ3v) is 4.12. The van der Waals surface area contributed by atoms with Crippen LogP contribution in [0.3, 0.4) is 0 Å². The highest BCUT2D eigenvalue weighted by atomic mass is 16.5. The molecule has 0 spiro atoms. The zero-order chi connectivity index (χ0) is 19.4. The number of amides is 3. The van der Waals surface area contributed by atoms with Crippen LogP contribution in [0.25, 0.3) is 0 Å². The average molecular weight is 360 g/mol. The van der Waals surface area contributed by atoms with Gasteiger partial charge in [-0.05, 0) is 38.3 Å². The third-order valence-electron chi connectivity index (χ3n) is 4.12. The molecule has 7 nitrogen and oxygen atoms in total. The third kappa shape index (κ3) is 3.92. The zero-order valence-corrected chi connectivity index (χ0v) is 15.4. The van der Waals surface area contributed by atoms with Crippen LogP contribution >= 0.6 is 0 Å². The highest BCUT2D eigenvalue weighted by molar-refractivity contribution is 6.22. The van der Waals surface area contributed by atoms with Gasteiger partial charge in [0.2, 0.25) is 0 Å². The molecule has 0 radical (unpaired) electrons. The maximum absolute atomic E-state index is 12.7. The Kier molecular flexibility index (Phi) is 6.13. The van der Waals surface area contributed by atoms with Crippen molar-refractivity contribution in [3.8, 4) is 0 Å². The molecule has 2 atom stereocenters. The number of likely N-dealkylation sites (N-methyl/N-ethyl adjacent to an activating group) is 1. The van der Waals surface area contributed by atoms with E-state index in [1.807, 2.05) is 13.8 Å². The number of nitrogens with zero attached hydrogens (tertiary/aromatic N) is 1. The van der Waals surface area contributed by atoms with Gasteiger partial charge in [-0.1, -0.05) is 26.0 Å². The van der Waals surface area contributed by atoms with Crippen molar-refractivity contribution in [3.63, 3.8) is 0 Å². The summed E-state index contributed by atoms with van der Waals surface area (Å²) >= 11 is 0. The monoisotopic (exact) mass is 360 g/mol. The lowest BCUT2D eigenvalue weighted by Gasteiger charge is -2.27. The number of nitrogens with one attached hydrogen (secondary N) is 1. The second-order valence-electron chi connectivity index (χ2n) is 6.64. The van der Waals surface area contributed by atoms with Gasteiger partial charge in [-0.15, -0.1) is 0 Å². The Morgan fingerprint density at radius 1 is 1.08 bits per heavy atom. The topological polar surface area (TPSA) is 92.8 Å². The number of hydrogen-bond donors (Lipinski definition) is 1. The summed E-state index contributed by atoms with van der Waals surface area (Å²) in [4.78, 5) is 50.8. The molecule has 7 heteroatoms. The van der Waals surface area contributed by atoms with E-state index in [1.165, 1.54) is 6.92 Å². The van der Waals surface area contributed by atoms with E-state index in [0.717, 1.165) is 4.90 Å². The van der Waals surface area contributed by atoms with E-state index in [4.69, 9.17) is 4.74 Å². The van der Waals surface area contributed by atoms with Crippen LogP contribution in [0.2, 0.25) is 0 Å². The quantitative estimate of drug-likeness (QED) is 0.591. The second-order valence-corrected chi connectivity index (χ2v) is 6.64. The van der Waals surface area contributed by atoms with Gasteiger partial charge in [0, 0.05) is 6.54 Å². The molecule has 140 valence electrons. The molecule has 0 aliphatic carbocycles. The molecule has 0 saturated carbocycles. The summed E-state index contributed by atoms with van der Waals surface area (Å²) < 4.78 is 5.24. The van der Waals surface area contributed by atoms with Crippen molar-refractivity contribution in [2.75, 3.05) is 6.54 Å². The van der Waals surface area contributed by atoms with Gasteiger partial charge in [0.15, 0.2) is 6.10 Å². The van der Waals surface area contributed by atoms with Crippen molar-refractivity contribution >= 4 is 23.7 Å². The SMILES string of the molecule is CCNC(=O)[C@@H](C)OC(=O)[C@@H](CC(C)C)N1C(=O)c2ccccc2C1=O. The maximum atomic E-state index is 12.7. The number of fused-ring (bicyclic) bond motifs is 1. The average Bonchev–Trinajstić information content (AvgIpc) is 2.84. The molecular formula is C19H24N2O5. The number of carbonyl (C=O) groups excluding carboxylic acids is 4. The van der Waals surface area contributed by atoms with Crippen molar-refractivity contribution in [1.82, 2.24) is 10.2 Å². The van der Waals surface area contributed by atoms with Crippen LogP contribution in [0, 0.1) is 5.92 Å². The maximum Gasteiger partial charge on any atom is 0.330 e. The fraction of sp³-hybridized carbons (Fsp3) is 0.474. The molecule has 26 heavy (non-hydrogen) atoms. The minimum absolute atomic E-state index is 0.0386. The summed E-state index contributed by atoms with van der Waals surface area (Å²) in [6.07, 6.45) is -0.751. The first-order valence-corrected chi connectivity index (χ1v) is 8.73. The first-order valence-electron chi connectivity index (χ1n) is 8.73. The Morgan fingerprint density at radius 3 is 2.08 bits per heavy atom. The van der Waals surface area contributed by atoms with Gasteiger partial charge < -0.3 is 10.1 Å². The van der Waals surface area contributed by atoms with Crippen LogP contribution in [-0.4, -0.2) is 47.3 Å². The van der Waals surface area contributed by atoms with Gasteiger partial charge in [-0.25, -0.2) is 4.79 Å². The van der Waals surface area contributed by atoms with Crippen LogP contribution in [0.4, 0.5) is 0 Å². The molecule has 3 amide bonds. The van der Waals surface area contributed by atoms with Gasteiger partial charge in [-0.3, -0.25) is 19.3 Å². The molecule has 1 aliphatic heterocycles. The van der Waals surface area contributed by atoms with Crippen molar-refractivity contribution in [2.24, 2.45) is 5.92 Å². The summed E-state index contributed by atoms with van der Waals surface area (Å²) in [5, 5.41) is 2.57. The van der Waals surface area contributed by atoms with Crippen LogP contribution in [-0.2, 0) is 14.3 Å². The van der Waals surface area contributed by atoms with Crippen molar-refractivity contribution < 1.29 is 23.9 Å². The molecule has 0 unspecified atom stereocenters. The number of esters is 1. The van der Waals surface area contributed by atoms with E-state index in [0.29, 0.717) is 6.54 Å². The van der Waals surface area contributed by atoms with E-state index in [9.17, 15) is 19.2 Å². The zero-order valence-electron chi connectivity index (χ0n) is 15.4. The normalized spacial score (nSPS) is 15.7. The van der Waals surface area contributed by atoms with Gasteiger partial charge in [0.1, 0.15) is 6.04 Å². The van der Waals surface area contributed by atoms with E-state index < -0.39 is 35.8 Å². The molecule has 1 aromatic carbocycles. The van der Waals surface area contributed by atoms with Gasteiger partial charge in [0.05, 0.1) is 11.1 Å². The largest absolute Gasteiger partial charge is 0.451 e. The van der Waals surface area contributed by atoms with Gasteiger partial charge >= 0.3 is 5.97 Å². The van der Waals surface area contributed by atoms with Gasteiger partial charge in [-0.2, -0.15) is 0 Å². The predicted molar refractivity (Wildman–Crippen MR) is 94.4 cm³/mol. The van der Waals surface area contributed by atoms with Gasteiger partial charge in [0.25, 0.3) is 17.7 Å². The van der Waals surface area contributed by atoms with E-state index >= 15 is 0 Å². The predicted octanol–water partition coefficient (Wildman–Crippen LogP) is 1.77. The summed E-state index contributed by atoms with van der Waals surface area (Å²) in [5.41, 5.74) is 0.548. The fourth-order valence-corrected chi connectivity index (χ4v) is 2.87. The second kappa shape index (κ2) is 8.12. The van der Waals surface area contributed by atoms with Crippen LogP contribution in [0.15, 0.2) is 24.3 Å². The van der Waals surface area contributed by atoms with Crippen LogP contribution < -0.4 is 5.32 Å². The Morgan fingerprint density at radius 2 is 1.62 bits per heavy atom. The summed E-state index contributed by atoms with van der Waals surface area (Å²) in [6, 6.07) is 5.38. The number of hydrogen-bond acceptors (Lipinski definition) is 5. The fourth-order valence-electron chi connectivity index (χ4n) is 2.87. The molecule has 0 fully saturated rings. The van der Waals surface area contributed by atoms with Crippen LogP contribution in [0.1, 0.15) is 54.8 Å². The first-order chi connectivity index (χ1) is 12.3. The molecule has 0 saturated heterocycles. The lowest BCUT2D eigenvalue weighted by Crippen LogP contribution is -2.48. The number of ether oxygens (including phenoxy) is 1. The lowest BCUT2D eigenvalue weighted by molar-refractivity contribution is -0.158. The van der Waals surface area contributed by atoms with Crippen molar-refractivity contribution in [2.45, 2.75) is 46.3 Å². The molecule has 0 bridgehead atoms. The van der Waals surface area contributed by atoms with Crippen molar-refractivity contribution in [1.29, 1.82) is 0 Å². The van der Waals surface area contributed by atoms with E-state index in [2.05, 4.69) is 5.32 Å². The molecular weight excluding hydrogens is 336 g/mol. The van der Waals surface area contributed by atoms with Crippen molar-refractivity contribution in [3.05, 3.63) is 35.4 Å². The molecule has 1 heterocycles. The highest BCUT2D eigenvalue weighted by Crippen LogP contribution is 2.27. The van der Waals surface area contributed by atoms with Crippen LogP contribution in [0.5, 0.6) is 0 Å². The number of benzene rings is 1. The number of carbonyl (C=O) groups is 4. The number of rotatable bonds is 7. The Hall–Kier alpha value is -2.70.